The number of nitrogens with one attached hydrogen (secondary N) is 2. The highest BCUT2D eigenvalue weighted by molar-refractivity contribution is 5.95. The molecule has 0 heterocycles. The minimum Gasteiger partial charge on any atom is -0.326 e. The fourth-order valence-corrected chi connectivity index (χ4v) is 1.94. The van der Waals surface area contributed by atoms with Gasteiger partial charge in [-0.05, 0) is 29.8 Å². The minimum atomic E-state index is -0.653. The van der Waals surface area contributed by atoms with Crippen LogP contribution in [0.1, 0.15) is 15.9 Å². The number of anilines is 1. The van der Waals surface area contributed by atoms with Crippen LogP contribution < -0.4 is 10.8 Å². The number of hydroxylamine groups is 1. The maximum Gasteiger partial charge on any atom is 0.274 e. The van der Waals surface area contributed by atoms with Gasteiger partial charge in [0, 0.05) is 23.4 Å². The number of hydrogen-bond acceptors (Lipinski definition) is 5. The second-order valence-corrected chi connectivity index (χ2v) is 4.67. The fourth-order valence-electron chi connectivity index (χ4n) is 1.94. The number of carbonyl (C=O) groups is 2. The predicted octanol–water partition coefficient (Wildman–Crippen LogP) is 1.89. The maximum absolute atomic E-state index is 11.9. The monoisotopic (exact) mass is 315 g/mol. The zero-order valence-electron chi connectivity index (χ0n) is 11.9. The summed E-state index contributed by atoms with van der Waals surface area (Å²) in [4.78, 5) is 33.3. The molecule has 23 heavy (non-hydrogen) atoms. The Morgan fingerprint density at radius 3 is 2.43 bits per heavy atom. The number of amides is 2. The number of non-ortho nitro benzene ring substituents is 1. The molecule has 2 aromatic carbocycles. The average Bonchev–Trinajstić information content (AvgIpc) is 2.55. The third kappa shape index (κ3) is 4.35. The van der Waals surface area contributed by atoms with Crippen LogP contribution in [-0.4, -0.2) is 21.9 Å². The molecule has 0 unspecified atom stereocenters. The molecule has 0 aliphatic rings. The molecule has 3 N–H and O–H groups in total. The third-order valence-electron chi connectivity index (χ3n) is 3.02. The smallest absolute Gasteiger partial charge is 0.274 e. The van der Waals surface area contributed by atoms with E-state index in [1.54, 1.807) is 6.07 Å². The summed E-state index contributed by atoms with van der Waals surface area (Å²) in [6.45, 7) is 0. The van der Waals surface area contributed by atoms with Crippen LogP contribution in [0.2, 0.25) is 0 Å². The van der Waals surface area contributed by atoms with E-state index in [-0.39, 0.29) is 23.6 Å². The number of rotatable bonds is 5. The van der Waals surface area contributed by atoms with Gasteiger partial charge in [0.15, 0.2) is 0 Å². The Morgan fingerprint density at radius 2 is 1.83 bits per heavy atom. The van der Waals surface area contributed by atoms with E-state index in [0.29, 0.717) is 11.3 Å². The van der Waals surface area contributed by atoms with Crippen LogP contribution in [0.4, 0.5) is 11.4 Å². The molecule has 0 aromatic heterocycles. The largest absolute Gasteiger partial charge is 0.326 e. The van der Waals surface area contributed by atoms with E-state index in [2.05, 4.69) is 5.32 Å². The van der Waals surface area contributed by atoms with Crippen molar-refractivity contribution in [3.05, 3.63) is 69.8 Å². The van der Waals surface area contributed by atoms with Crippen molar-refractivity contribution >= 4 is 23.2 Å². The Kier molecular flexibility index (Phi) is 5.00. The lowest BCUT2D eigenvalue weighted by molar-refractivity contribution is -0.384. The second-order valence-electron chi connectivity index (χ2n) is 4.67. The van der Waals surface area contributed by atoms with Gasteiger partial charge in [-0.2, -0.15) is 0 Å². The Balaban J connectivity index is 2.01. The number of carbonyl (C=O) groups excluding carboxylic acids is 2. The molecule has 8 heteroatoms. The van der Waals surface area contributed by atoms with Crippen molar-refractivity contribution in [3.8, 4) is 0 Å². The van der Waals surface area contributed by atoms with Gasteiger partial charge in [-0.25, -0.2) is 5.48 Å². The van der Waals surface area contributed by atoms with Crippen LogP contribution in [0.25, 0.3) is 0 Å². The van der Waals surface area contributed by atoms with Crippen LogP contribution in [0, 0.1) is 10.1 Å². The van der Waals surface area contributed by atoms with Gasteiger partial charge in [0.25, 0.3) is 11.6 Å². The molecule has 0 fully saturated rings. The van der Waals surface area contributed by atoms with Crippen molar-refractivity contribution < 1.29 is 19.7 Å². The van der Waals surface area contributed by atoms with Crippen LogP contribution in [-0.2, 0) is 11.2 Å². The molecule has 0 bridgehead atoms. The van der Waals surface area contributed by atoms with E-state index < -0.39 is 10.8 Å². The highest BCUT2D eigenvalue weighted by Crippen LogP contribution is 2.15. The van der Waals surface area contributed by atoms with Crippen LogP contribution in [0.5, 0.6) is 0 Å². The van der Waals surface area contributed by atoms with E-state index in [1.807, 2.05) is 0 Å². The maximum atomic E-state index is 11.9. The standard InChI is InChI=1S/C15H13N3O5/c19-14(9-10-2-1-3-13(8-10)18(22)23)16-12-6-4-11(5-7-12)15(20)17-21/h1-8,21H,9H2,(H,16,19)(H,17,20). The predicted molar refractivity (Wildman–Crippen MR) is 81.1 cm³/mol. The summed E-state index contributed by atoms with van der Waals surface area (Å²) < 4.78 is 0. The molecule has 0 aliphatic carbocycles. The molecule has 118 valence electrons. The number of benzene rings is 2. The number of nitrogens with zero attached hydrogens (tertiary/aromatic N) is 1. The zero-order valence-corrected chi connectivity index (χ0v) is 11.9. The SMILES string of the molecule is O=C(Cc1cccc([N+](=O)[O-])c1)Nc1ccc(C(=O)NO)cc1. The summed E-state index contributed by atoms with van der Waals surface area (Å²) in [5, 5.41) is 21.8. The fraction of sp³-hybridized carbons (Fsp3) is 0.0667. The Bertz CT molecular complexity index is 743. The Hall–Kier alpha value is -3.26. The minimum absolute atomic E-state index is 0.0133. The van der Waals surface area contributed by atoms with Gasteiger partial charge in [0.2, 0.25) is 5.91 Å². The van der Waals surface area contributed by atoms with Gasteiger partial charge in [-0.1, -0.05) is 12.1 Å². The van der Waals surface area contributed by atoms with Crippen LogP contribution in [0.3, 0.4) is 0 Å². The van der Waals surface area contributed by atoms with Crippen molar-refractivity contribution in [2.75, 3.05) is 5.32 Å². The van der Waals surface area contributed by atoms with Crippen LogP contribution in [0.15, 0.2) is 48.5 Å². The van der Waals surface area contributed by atoms with Crippen molar-refractivity contribution in [1.29, 1.82) is 0 Å². The third-order valence-corrected chi connectivity index (χ3v) is 3.02. The van der Waals surface area contributed by atoms with Crippen LogP contribution >= 0.6 is 0 Å². The number of nitro groups is 1. The van der Waals surface area contributed by atoms with Gasteiger partial charge < -0.3 is 5.32 Å². The van der Waals surface area contributed by atoms with Crippen molar-refractivity contribution in [2.24, 2.45) is 0 Å². The van der Waals surface area contributed by atoms with Gasteiger partial charge in [0.1, 0.15) is 0 Å². The van der Waals surface area contributed by atoms with Crippen molar-refractivity contribution in [1.82, 2.24) is 5.48 Å². The summed E-state index contributed by atoms with van der Waals surface area (Å²) in [5.74, 6) is -0.996. The Labute approximate surface area is 130 Å². The normalized spacial score (nSPS) is 9.96. The summed E-state index contributed by atoms with van der Waals surface area (Å²) >= 11 is 0. The van der Waals surface area contributed by atoms with E-state index in [0.717, 1.165) is 0 Å². The van der Waals surface area contributed by atoms with E-state index in [4.69, 9.17) is 5.21 Å². The average molecular weight is 315 g/mol. The molecule has 0 saturated carbocycles. The topological polar surface area (TPSA) is 122 Å². The molecule has 2 rings (SSSR count). The first-order chi connectivity index (χ1) is 11.0. The molecule has 8 nitrogen and oxygen atoms in total. The summed E-state index contributed by atoms with van der Waals surface area (Å²) in [6, 6.07) is 11.7. The summed E-state index contributed by atoms with van der Waals surface area (Å²) in [6.07, 6.45) is -0.0133. The highest BCUT2D eigenvalue weighted by atomic mass is 16.6. The quantitative estimate of drug-likeness (QED) is 0.442. The first-order valence-electron chi connectivity index (χ1n) is 6.57. The summed E-state index contributed by atoms with van der Waals surface area (Å²) in [5.41, 5.74) is 2.66. The van der Waals surface area contributed by atoms with Gasteiger partial charge in [-0.3, -0.25) is 24.9 Å². The van der Waals surface area contributed by atoms with Gasteiger partial charge >= 0.3 is 0 Å². The second kappa shape index (κ2) is 7.14. The van der Waals surface area contributed by atoms with Gasteiger partial charge in [0.05, 0.1) is 11.3 Å². The molecule has 2 amide bonds. The van der Waals surface area contributed by atoms with Crippen molar-refractivity contribution in [2.45, 2.75) is 6.42 Å². The number of hydrogen-bond donors (Lipinski definition) is 3. The lowest BCUT2D eigenvalue weighted by Gasteiger charge is -2.06. The molecular weight excluding hydrogens is 302 g/mol. The molecular formula is C15H13N3O5. The molecule has 0 spiro atoms. The highest BCUT2D eigenvalue weighted by Gasteiger charge is 2.10. The molecule has 0 atom stereocenters. The molecule has 0 radical (unpaired) electrons. The number of nitro benzene ring substituents is 1. The zero-order chi connectivity index (χ0) is 16.8. The molecule has 2 aromatic rings. The first kappa shape index (κ1) is 16.1. The lowest BCUT2D eigenvalue weighted by Crippen LogP contribution is -2.18. The lowest BCUT2D eigenvalue weighted by atomic mass is 10.1. The Morgan fingerprint density at radius 1 is 1.13 bits per heavy atom. The van der Waals surface area contributed by atoms with E-state index in [9.17, 15) is 19.7 Å². The first-order valence-corrected chi connectivity index (χ1v) is 6.57. The summed E-state index contributed by atoms with van der Waals surface area (Å²) in [7, 11) is 0. The van der Waals surface area contributed by atoms with Gasteiger partial charge in [-0.15, -0.1) is 0 Å². The van der Waals surface area contributed by atoms with Crippen molar-refractivity contribution in [3.63, 3.8) is 0 Å². The molecule has 0 aliphatic heterocycles. The van der Waals surface area contributed by atoms with E-state index >= 15 is 0 Å². The molecule has 0 saturated heterocycles. The van der Waals surface area contributed by atoms with E-state index in [1.165, 1.54) is 47.9 Å².